The molecule has 0 spiro atoms. The summed E-state index contributed by atoms with van der Waals surface area (Å²) in [4.78, 5) is 20.8. The quantitative estimate of drug-likeness (QED) is 0.429. The fourth-order valence-corrected chi connectivity index (χ4v) is 6.23. The third-order valence-corrected chi connectivity index (χ3v) is 7.94. The lowest BCUT2D eigenvalue weighted by molar-refractivity contribution is 0.0717. The first kappa shape index (κ1) is 16.9. The highest BCUT2D eigenvalue weighted by molar-refractivity contribution is 7.21. The molecule has 5 heteroatoms. The number of carbonyl (C=O) groups excluding carboxylic acids is 1. The summed E-state index contributed by atoms with van der Waals surface area (Å²) >= 11 is 3.43. The summed E-state index contributed by atoms with van der Waals surface area (Å²) in [5.74, 6) is 0.659. The van der Waals surface area contributed by atoms with Crippen LogP contribution in [0.2, 0.25) is 0 Å². The van der Waals surface area contributed by atoms with Crippen LogP contribution in [0.1, 0.15) is 39.0 Å². The lowest BCUT2D eigenvalue weighted by atomic mass is 9.97. The van der Waals surface area contributed by atoms with Gasteiger partial charge in [0, 0.05) is 23.7 Å². The molecule has 4 aromatic rings. The molecule has 0 N–H and O–H groups in total. The number of fused-ring (bicyclic) bond motifs is 2. The number of para-hydroxylation sites is 1. The Morgan fingerprint density at radius 3 is 2.44 bits per heavy atom. The van der Waals surface area contributed by atoms with Crippen molar-refractivity contribution in [2.24, 2.45) is 0 Å². The van der Waals surface area contributed by atoms with Gasteiger partial charge in [-0.3, -0.25) is 4.79 Å². The number of aryl methyl sites for hydroxylation is 1. The highest BCUT2D eigenvalue weighted by atomic mass is 32.1. The second-order valence-electron chi connectivity index (χ2n) is 7.14. The number of carbonyl (C=O) groups is 1. The van der Waals surface area contributed by atoms with Gasteiger partial charge in [0.1, 0.15) is 0 Å². The van der Waals surface area contributed by atoms with Gasteiger partial charge < -0.3 is 4.90 Å². The van der Waals surface area contributed by atoms with Crippen molar-refractivity contribution < 1.29 is 4.79 Å². The van der Waals surface area contributed by atoms with E-state index in [4.69, 9.17) is 4.98 Å². The number of piperidine rings is 1. The van der Waals surface area contributed by atoms with Crippen molar-refractivity contribution in [3.05, 3.63) is 64.0 Å². The normalized spacial score (nSPS) is 15.7. The Morgan fingerprint density at radius 2 is 1.70 bits per heavy atom. The molecule has 3 nitrogen and oxygen atoms in total. The summed E-state index contributed by atoms with van der Waals surface area (Å²) in [6.07, 6.45) is 1.99. The maximum Gasteiger partial charge on any atom is 0.264 e. The SMILES string of the molecule is Cc1c(C(=O)N2CCC(c3nc4ccccc4s3)CC2)sc2ccccc12. The second kappa shape index (κ2) is 6.73. The molecule has 2 aromatic carbocycles. The van der Waals surface area contributed by atoms with Crippen LogP contribution in [-0.4, -0.2) is 28.9 Å². The number of rotatable bonds is 2. The number of hydrogen-bond donors (Lipinski definition) is 0. The zero-order valence-electron chi connectivity index (χ0n) is 15.1. The van der Waals surface area contributed by atoms with E-state index in [0.717, 1.165) is 41.9 Å². The van der Waals surface area contributed by atoms with Crippen LogP contribution in [0.3, 0.4) is 0 Å². The first-order valence-corrected chi connectivity index (χ1v) is 11.0. The standard InChI is InChI=1S/C22H20N2OS2/c1-14-16-6-2-4-8-18(16)26-20(14)22(25)24-12-10-15(11-13-24)21-23-17-7-3-5-9-19(17)27-21/h2-9,15H,10-13H2,1H3. The van der Waals surface area contributed by atoms with Crippen molar-refractivity contribution in [2.75, 3.05) is 13.1 Å². The van der Waals surface area contributed by atoms with Crippen LogP contribution in [0.5, 0.6) is 0 Å². The van der Waals surface area contributed by atoms with Crippen molar-refractivity contribution in [3.63, 3.8) is 0 Å². The van der Waals surface area contributed by atoms with E-state index < -0.39 is 0 Å². The largest absolute Gasteiger partial charge is 0.338 e. The van der Waals surface area contributed by atoms with Crippen LogP contribution in [0.25, 0.3) is 20.3 Å². The van der Waals surface area contributed by atoms with E-state index in [9.17, 15) is 4.79 Å². The molecule has 2 aromatic heterocycles. The summed E-state index contributed by atoms with van der Waals surface area (Å²) in [7, 11) is 0. The molecule has 1 aliphatic heterocycles. The summed E-state index contributed by atoms with van der Waals surface area (Å²) in [5, 5.41) is 2.43. The molecule has 27 heavy (non-hydrogen) atoms. The topological polar surface area (TPSA) is 33.2 Å². The van der Waals surface area contributed by atoms with Crippen molar-refractivity contribution >= 4 is 48.9 Å². The monoisotopic (exact) mass is 392 g/mol. The van der Waals surface area contributed by atoms with E-state index in [2.05, 4.69) is 37.3 Å². The number of amides is 1. The zero-order chi connectivity index (χ0) is 18.4. The number of likely N-dealkylation sites (tertiary alicyclic amines) is 1. The maximum atomic E-state index is 13.1. The molecule has 1 amide bonds. The van der Waals surface area contributed by atoms with Gasteiger partial charge in [0.25, 0.3) is 5.91 Å². The van der Waals surface area contributed by atoms with Crippen LogP contribution in [-0.2, 0) is 0 Å². The van der Waals surface area contributed by atoms with Gasteiger partial charge in [-0.05, 0) is 48.9 Å². The van der Waals surface area contributed by atoms with Gasteiger partial charge in [-0.25, -0.2) is 4.98 Å². The average Bonchev–Trinajstić information content (AvgIpc) is 3.29. The molecule has 1 fully saturated rings. The Hall–Kier alpha value is -2.24. The third-order valence-electron chi connectivity index (χ3n) is 5.48. The average molecular weight is 393 g/mol. The smallest absolute Gasteiger partial charge is 0.264 e. The number of aromatic nitrogens is 1. The summed E-state index contributed by atoms with van der Waals surface area (Å²) in [6, 6.07) is 16.6. The molecule has 0 bridgehead atoms. The van der Waals surface area contributed by atoms with E-state index in [1.54, 1.807) is 22.7 Å². The van der Waals surface area contributed by atoms with E-state index in [1.165, 1.54) is 19.8 Å². The van der Waals surface area contributed by atoms with E-state index in [-0.39, 0.29) is 5.91 Å². The maximum absolute atomic E-state index is 13.1. The fraction of sp³-hybridized carbons (Fsp3) is 0.273. The number of thiophene rings is 1. The van der Waals surface area contributed by atoms with Gasteiger partial charge in [-0.1, -0.05) is 30.3 Å². The highest BCUT2D eigenvalue weighted by Gasteiger charge is 2.28. The van der Waals surface area contributed by atoms with Crippen molar-refractivity contribution in [2.45, 2.75) is 25.7 Å². The predicted molar refractivity (Wildman–Crippen MR) is 114 cm³/mol. The van der Waals surface area contributed by atoms with Crippen LogP contribution in [0.4, 0.5) is 0 Å². The van der Waals surface area contributed by atoms with Gasteiger partial charge in [-0.2, -0.15) is 0 Å². The Balaban J connectivity index is 1.33. The molecular formula is C22H20N2OS2. The van der Waals surface area contributed by atoms with Gasteiger partial charge in [0.05, 0.1) is 20.1 Å². The first-order valence-electron chi connectivity index (χ1n) is 9.33. The number of hydrogen-bond acceptors (Lipinski definition) is 4. The lowest BCUT2D eigenvalue weighted by Gasteiger charge is -2.31. The summed E-state index contributed by atoms with van der Waals surface area (Å²) in [6.45, 7) is 3.69. The van der Waals surface area contributed by atoms with Crippen LogP contribution < -0.4 is 0 Å². The zero-order valence-corrected chi connectivity index (χ0v) is 16.8. The van der Waals surface area contributed by atoms with Crippen molar-refractivity contribution in [1.29, 1.82) is 0 Å². The van der Waals surface area contributed by atoms with Crippen molar-refractivity contribution in [1.82, 2.24) is 9.88 Å². The van der Waals surface area contributed by atoms with E-state index in [0.29, 0.717) is 5.92 Å². The summed E-state index contributed by atoms with van der Waals surface area (Å²) in [5.41, 5.74) is 2.21. The molecule has 5 rings (SSSR count). The minimum Gasteiger partial charge on any atom is -0.338 e. The minimum atomic E-state index is 0.191. The second-order valence-corrected chi connectivity index (χ2v) is 9.25. The van der Waals surface area contributed by atoms with Gasteiger partial charge >= 0.3 is 0 Å². The molecule has 0 saturated carbocycles. The lowest BCUT2D eigenvalue weighted by Crippen LogP contribution is -2.37. The number of thiazole rings is 1. The van der Waals surface area contributed by atoms with E-state index in [1.807, 2.05) is 23.1 Å². The first-order chi connectivity index (χ1) is 13.2. The predicted octanol–water partition coefficient (Wildman–Crippen LogP) is 5.84. The Morgan fingerprint density at radius 1 is 1.00 bits per heavy atom. The Labute approximate surface area is 166 Å². The Bertz CT molecular complexity index is 1100. The Kier molecular flexibility index (Phi) is 4.21. The number of benzene rings is 2. The highest BCUT2D eigenvalue weighted by Crippen LogP contribution is 2.36. The van der Waals surface area contributed by atoms with Crippen LogP contribution >= 0.6 is 22.7 Å². The molecule has 1 aliphatic rings. The van der Waals surface area contributed by atoms with Crippen LogP contribution in [0, 0.1) is 6.92 Å². The molecular weight excluding hydrogens is 372 g/mol. The minimum absolute atomic E-state index is 0.191. The number of nitrogens with zero attached hydrogens (tertiary/aromatic N) is 2. The third kappa shape index (κ3) is 2.95. The van der Waals surface area contributed by atoms with Gasteiger partial charge in [-0.15, -0.1) is 22.7 Å². The molecule has 0 unspecified atom stereocenters. The molecule has 0 radical (unpaired) electrons. The van der Waals surface area contributed by atoms with Crippen molar-refractivity contribution in [3.8, 4) is 0 Å². The van der Waals surface area contributed by atoms with E-state index >= 15 is 0 Å². The van der Waals surface area contributed by atoms with Gasteiger partial charge in [0.2, 0.25) is 0 Å². The summed E-state index contributed by atoms with van der Waals surface area (Å²) < 4.78 is 2.45. The molecule has 0 atom stereocenters. The molecule has 1 saturated heterocycles. The molecule has 3 heterocycles. The van der Waals surface area contributed by atoms with Crippen LogP contribution in [0.15, 0.2) is 48.5 Å². The molecule has 0 aliphatic carbocycles. The van der Waals surface area contributed by atoms with Gasteiger partial charge in [0.15, 0.2) is 0 Å². The fourth-order valence-electron chi connectivity index (χ4n) is 3.92. The molecule has 136 valence electrons.